The summed E-state index contributed by atoms with van der Waals surface area (Å²) in [5.41, 5.74) is 0.794. The van der Waals surface area contributed by atoms with Crippen LogP contribution in [0.2, 0.25) is 0 Å². The van der Waals surface area contributed by atoms with Crippen molar-refractivity contribution in [1.82, 2.24) is 0 Å². The molecule has 0 aromatic heterocycles. The molecule has 3 nitrogen and oxygen atoms in total. The van der Waals surface area contributed by atoms with Crippen LogP contribution < -0.4 is 0 Å². The van der Waals surface area contributed by atoms with Gasteiger partial charge < -0.3 is 0 Å². The van der Waals surface area contributed by atoms with Gasteiger partial charge in [0.25, 0.3) is 10.1 Å². The van der Waals surface area contributed by atoms with Crippen molar-refractivity contribution in [1.29, 1.82) is 0 Å². The lowest BCUT2D eigenvalue weighted by Gasteiger charge is -1.94. The van der Waals surface area contributed by atoms with Gasteiger partial charge in [0.2, 0.25) is 0 Å². The van der Waals surface area contributed by atoms with Crippen LogP contribution in [0.5, 0.6) is 0 Å². The highest BCUT2D eigenvalue weighted by molar-refractivity contribution is 7.90. The molecular formula is C9H12O3S. The molecule has 0 amide bonds. The van der Waals surface area contributed by atoms with Gasteiger partial charge in [-0.05, 0) is 19.1 Å². The molecule has 0 radical (unpaired) electrons. The van der Waals surface area contributed by atoms with Crippen LogP contribution in [-0.4, -0.2) is 13.0 Å². The Hall–Kier alpha value is -1.13. The summed E-state index contributed by atoms with van der Waals surface area (Å²) in [4.78, 5) is -0.228. The molecule has 0 atom stereocenters. The van der Waals surface area contributed by atoms with Crippen LogP contribution in [0.15, 0.2) is 47.9 Å². The fourth-order valence-electron chi connectivity index (χ4n) is 0.541. The van der Waals surface area contributed by atoms with Crippen LogP contribution in [0.3, 0.4) is 0 Å². The van der Waals surface area contributed by atoms with Gasteiger partial charge in [-0.25, -0.2) is 0 Å². The molecule has 0 bridgehead atoms. The van der Waals surface area contributed by atoms with Crippen molar-refractivity contribution >= 4 is 10.1 Å². The van der Waals surface area contributed by atoms with Crippen molar-refractivity contribution in [2.24, 2.45) is 0 Å². The maximum atomic E-state index is 10.6. The first kappa shape index (κ1) is 11.9. The molecule has 0 aromatic carbocycles. The molecule has 0 aliphatic rings. The van der Waals surface area contributed by atoms with E-state index >= 15 is 0 Å². The number of hydrogen-bond donors (Lipinski definition) is 1. The Morgan fingerprint density at radius 3 is 2.08 bits per heavy atom. The third kappa shape index (κ3) is 4.45. The molecule has 0 saturated carbocycles. The molecule has 0 rings (SSSR count). The lowest BCUT2D eigenvalue weighted by atomic mass is 10.3. The van der Waals surface area contributed by atoms with Crippen molar-refractivity contribution in [2.75, 3.05) is 0 Å². The van der Waals surface area contributed by atoms with Crippen molar-refractivity contribution in [2.45, 2.75) is 6.92 Å². The van der Waals surface area contributed by atoms with Gasteiger partial charge in [0, 0.05) is 0 Å². The van der Waals surface area contributed by atoms with Crippen LogP contribution in [0.1, 0.15) is 6.92 Å². The van der Waals surface area contributed by atoms with Crippen molar-refractivity contribution in [3.8, 4) is 0 Å². The maximum Gasteiger partial charge on any atom is 0.294 e. The minimum absolute atomic E-state index is 0.228. The van der Waals surface area contributed by atoms with Crippen LogP contribution in [0, 0.1) is 0 Å². The Morgan fingerprint density at radius 1 is 1.23 bits per heavy atom. The molecule has 4 heteroatoms. The molecule has 0 aliphatic heterocycles. The van der Waals surface area contributed by atoms with Gasteiger partial charge in [-0.2, -0.15) is 8.42 Å². The molecule has 0 saturated heterocycles. The average molecular weight is 200 g/mol. The smallest absolute Gasteiger partial charge is 0.282 e. The van der Waals surface area contributed by atoms with E-state index in [2.05, 4.69) is 13.2 Å². The molecule has 0 heterocycles. The summed E-state index contributed by atoms with van der Waals surface area (Å²) in [6.07, 6.45) is 5.43. The molecule has 0 unspecified atom stereocenters. The van der Waals surface area contributed by atoms with E-state index in [0.717, 1.165) is 11.6 Å². The zero-order valence-electron chi connectivity index (χ0n) is 7.40. The Bertz CT molecular complexity index is 358. The van der Waals surface area contributed by atoms with Gasteiger partial charge in [-0.15, -0.1) is 0 Å². The van der Waals surface area contributed by atoms with Gasteiger partial charge in [0.15, 0.2) is 0 Å². The van der Waals surface area contributed by atoms with Crippen LogP contribution in [-0.2, 0) is 10.1 Å². The van der Waals surface area contributed by atoms with Crippen molar-refractivity contribution in [3.63, 3.8) is 0 Å². The van der Waals surface area contributed by atoms with Gasteiger partial charge in [0.05, 0.1) is 4.91 Å². The molecule has 0 aromatic rings. The molecule has 1 N–H and O–H groups in total. The second kappa shape index (κ2) is 4.79. The zero-order chi connectivity index (χ0) is 10.5. The number of rotatable bonds is 4. The van der Waals surface area contributed by atoms with Crippen LogP contribution in [0.4, 0.5) is 0 Å². The van der Waals surface area contributed by atoms with E-state index in [9.17, 15) is 8.42 Å². The Morgan fingerprint density at radius 2 is 1.77 bits per heavy atom. The fraction of sp³-hybridized carbons (Fsp3) is 0.111. The first-order valence-electron chi connectivity index (χ1n) is 3.52. The van der Waals surface area contributed by atoms with E-state index in [1.165, 1.54) is 12.2 Å². The highest BCUT2D eigenvalue weighted by Gasteiger charge is 2.07. The van der Waals surface area contributed by atoms with Crippen LogP contribution >= 0.6 is 0 Å². The molecule has 13 heavy (non-hydrogen) atoms. The monoisotopic (exact) mass is 200 g/mol. The standard InChI is InChI=1S/C9H12O3S/c1-4-8(3)6-7-9(5-2)13(10,11)12/h4-7H,1-2H2,3H3,(H,10,11,12)/b8-6+,9-7+. The van der Waals surface area contributed by atoms with Gasteiger partial charge in [-0.1, -0.05) is 30.9 Å². The highest BCUT2D eigenvalue weighted by atomic mass is 32.2. The first-order valence-corrected chi connectivity index (χ1v) is 4.96. The predicted molar refractivity (Wildman–Crippen MR) is 53.8 cm³/mol. The lowest BCUT2D eigenvalue weighted by Crippen LogP contribution is -1.98. The summed E-state index contributed by atoms with van der Waals surface area (Å²) in [6, 6.07) is 0. The minimum atomic E-state index is -4.15. The molecule has 0 aliphatic carbocycles. The van der Waals surface area contributed by atoms with Crippen molar-refractivity contribution < 1.29 is 13.0 Å². The maximum absolute atomic E-state index is 10.6. The van der Waals surface area contributed by atoms with E-state index in [1.54, 1.807) is 13.0 Å². The Balaban J connectivity index is 5.02. The fourth-order valence-corrected chi connectivity index (χ4v) is 0.992. The van der Waals surface area contributed by atoms with Crippen LogP contribution in [0.25, 0.3) is 0 Å². The summed E-state index contributed by atoms with van der Waals surface area (Å²) in [5.74, 6) is 0. The molecular weight excluding hydrogens is 188 g/mol. The quantitative estimate of drug-likeness (QED) is 0.558. The van der Waals surface area contributed by atoms with E-state index in [-0.39, 0.29) is 4.91 Å². The molecule has 0 spiro atoms. The van der Waals surface area contributed by atoms with E-state index in [1.807, 2.05) is 0 Å². The summed E-state index contributed by atoms with van der Waals surface area (Å²) >= 11 is 0. The minimum Gasteiger partial charge on any atom is -0.282 e. The van der Waals surface area contributed by atoms with Gasteiger partial charge >= 0.3 is 0 Å². The highest BCUT2D eigenvalue weighted by Crippen LogP contribution is 2.06. The second-order valence-corrected chi connectivity index (χ2v) is 3.78. The van der Waals surface area contributed by atoms with E-state index in [0.29, 0.717) is 0 Å². The summed E-state index contributed by atoms with van der Waals surface area (Å²) in [7, 11) is -4.15. The van der Waals surface area contributed by atoms with Crippen molar-refractivity contribution in [3.05, 3.63) is 47.9 Å². The number of allylic oxidation sites excluding steroid dienone is 5. The topological polar surface area (TPSA) is 54.4 Å². The normalized spacial score (nSPS) is 14.0. The Kier molecular flexibility index (Phi) is 4.37. The summed E-state index contributed by atoms with van der Waals surface area (Å²) in [5, 5.41) is 0. The summed E-state index contributed by atoms with van der Waals surface area (Å²) in [6.45, 7) is 8.52. The second-order valence-electron chi connectivity index (χ2n) is 2.36. The Labute approximate surface area is 78.5 Å². The zero-order valence-corrected chi connectivity index (χ0v) is 8.21. The third-order valence-corrected chi connectivity index (χ3v) is 2.23. The molecule has 72 valence electrons. The van der Waals surface area contributed by atoms with Gasteiger partial charge in [-0.3, -0.25) is 4.55 Å². The predicted octanol–water partition coefficient (Wildman–Crippen LogP) is 2.08. The molecule has 0 fully saturated rings. The first-order chi connectivity index (χ1) is 5.91. The SMILES string of the molecule is C=C/C(C)=C/C=C(\C=C)S(=O)(=O)O. The largest absolute Gasteiger partial charge is 0.294 e. The van der Waals surface area contributed by atoms with E-state index < -0.39 is 10.1 Å². The lowest BCUT2D eigenvalue weighted by molar-refractivity contribution is 0.492. The number of hydrogen-bond acceptors (Lipinski definition) is 2. The summed E-state index contributed by atoms with van der Waals surface area (Å²) < 4.78 is 29.9. The van der Waals surface area contributed by atoms with Gasteiger partial charge in [0.1, 0.15) is 0 Å². The van der Waals surface area contributed by atoms with E-state index in [4.69, 9.17) is 4.55 Å². The third-order valence-electron chi connectivity index (χ3n) is 1.33. The average Bonchev–Trinajstić information content (AvgIpc) is 2.02.